The summed E-state index contributed by atoms with van der Waals surface area (Å²) in [6, 6.07) is 7.22. The van der Waals surface area contributed by atoms with E-state index in [1.807, 2.05) is 35.4 Å². The maximum absolute atomic E-state index is 12.8. The predicted octanol–water partition coefficient (Wildman–Crippen LogP) is 4.93. The van der Waals surface area contributed by atoms with Gasteiger partial charge in [0.25, 0.3) is 0 Å². The largest absolute Gasteiger partial charge is 0.466 e. The number of hydrogen-bond acceptors (Lipinski definition) is 6. The normalized spacial score (nSPS) is 21.4. The second-order valence-corrected chi connectivity index (χ2v) is 9.29. The molecule has 1 aromatic carbocycles. The van der Waals surface area contributed by atoms with Gasteiger partial charge in [0.05, 0.1) is 30.8 Å². The maximum Gasteiger partial charge on any atom is 0.338 e. The molecule has 0 bridgehead atoms. The third kappa shape index (κ3) is 4.67. The lowest BCUT2D eigenvalue weighted by Crippen LogP contribution is -2.40. The summed E-state index contributed by atoms with van der Waals surface area (Å²) in [6.07, 6.45) is 5.87. The summed E-state index contributed by atoms with van der Waals surface area (Å²) in [5, 5.41) is 6.45. The molecule has 1 fully saturated rings. The lowest BCUT2D eigenvalue weighted by molar-refractivity contribution is -0.136. The van der Waals surface area contributed by atoms with Crippen molar-refractivity contribution >= 4 is 40.4 Å². The number of fused-ring (bicyclic) bond motifs is 1. The van der Waals surface area contributed by atoms with Crippen LogP contribution in [0.2, 0.25) is 5.02 Å². The zero-order valence-corrected chi connectivity index (χ0v) is 19.3. The van der Waals surface area contributed by atoms with Gasteiger partial charge >= 0.3 is 5.97 Å². The van der Waals surface area contributed by atoms with Gasteiger partial charge in [0.1, 0.15) is 0 Å². The van der Waals surface area contributed by atoms with Crippen molar-refractivity contribution in [2.75, 3.05) is 7.11 Å². The van der Waals surface area contributed by atoms with E-state index in [1.165, 1.54) is 25.3 Å². The molecular weight excluding hydrogens is 434 g/mol. The number of hydrogen-bond donors (Lipinski definition) is 1. The minimum Gasteiger partial charge on any atom is -0.466 e. The van der Waals surface area contributed by atoms with Gasteiger partial charge in [-0.1, -0.05) is 54.8 Å². The van der Waals surface area contributed by atoms with E-state index in [0.717, 1.165) is 42.1 Å². The Labute approximate surface area is 191 Å². The van der Waals surface area contributed by atoms with Crippen molar-refractivity contribution in [3.8, 4) is 0 Å². The van der Waals surface area contributed by atoms with Crippen LogP contribution in [-0.4, -0.2) is 35.1 Å². The Morgan fingerprint density at radius 3 is 2.77 bits per heavy atom. The molecule has 1 N–H and O–H groups in total. The number of nitrogens with zero attached hydrogens (tertiary/aromatic N) is 2. The Bertz CT molecular complexity index is 982. The van der Waals surface area contributed by atoms with Crippen LogP contribution < -0.4 is 5.32 Å². The zero-order valence-electron chi connectivity index (χ0n) is 17.7. The monoisotopic (exact) mass is 459 g/mol. The SMILES string of the molecule is COC(=O)C1=C(C)N=C2SC=C(CC(=O)NC3CCCCC3)N2[C@H]1c1cccc(Cl)c1. The lowest BCUT2D eigenvalue weighted by atomic mass is 9.93. The molecule has 6 nitrogen and oxygen atoms in total. The number of esters is 1. The molecule has 1 atom stereocenters. The number of rotatable bonds is 5. The van der Waals surface area contributed by atoms with Crippen molar-refractivity contribution in [2.45, 2.75) is 57.5 Å². The van der Waals surface area contributed by atoms with Gasteiger partial charge < -0.3 is 15.0 Å². The summed E-state index contributed by atoms with van der Waals surface area (Å²) >= 11 is 7.73. The fourth-order valence-electron chi connectivity index (χ4n) is 4.42. The first-order chi connectivity index (χ1) is 15.0. The molecule has 0 spiro atoms. The second-order valence-electron chi connectivity index (χ2n) is 8.02. The van der Waals surface area contributed by atoms with Gasteiger partial charge in [0.2, 0.25) is 5.91 Å². The van der Waals surface area contributed by atoms with Crippen LogP contribution in [0, 0.1) is 0 Å². The minimum atomic E-state index is -0.456. The van der Waals surface area contributed by atoms with Gasteiger partial charge in [0, 0.05) is 16.8 Å². The first-order valence-corrected chi connectivity index (χ1v) is 11.8. The van der Waals surface area contributed by atoms with E-state index in [4.69, 9.17) is 16.3 Å². The number of aliphatic imine (C=N–C) groups is 1. The van der Waals surface area contributed by atoms with Crippen LogP contribution in [0.1, 0.15) is 57.1 Å². The van der Waals surface area contributed by atoms with Gasteiger partial charge in [-0.15, -0.1) is 0 Å². The van der Waals surface area contributed by atoms with Gasteiger partial charge in [-0.3, -0.25) is 4.79 Å². The summed E-state index contributed by atoms with van der Waals surface area (Å²) in [5.74, 6) is -0.441. The summed E-state index contributed by atoms with van der Waals surface area (Å²) in [6.45, 7) is 1.81. The molecule has 0 unspecified atom stereocenters. The number of allylic oxidation sites excluding steroid dienone is 1. The molecule has 1 aliphatic carbocycles. The fraction of sp³-hybridized carbons (Fsp3) is 0.435. The van der Waals surface area contributed by atoms with Crippen molar-refractivity contribution in [1.82, 2.24) is 10.2 Å². The number of thioether (sulfide) groups is 1. The van der Waals surface area contributed by atoms with Gasteiger partial charge in [-0.25, -0.2) is 9.79 Å². The Morgan fingerprint density at radius 1 is 1.29 bits per heavy atom. The van der Waals surface area contributed by atoms with Crippen LogP contribution in [0.4, 0.5) is 0 Å². The smallest absolute Gasteiger partial charge is 0.338 e. The van der Waals surface area contributed by atoms with Gasteiger partial charge in [0.15, 0.2) is 5.17 Å². The summed E-state index contributed by atoms with van der Waals surface area (Å²) in [4.78, 5) is 32.1. The van der Waals surface area contributed by atoms with E-state index in [2.05, 4.69) is 10.3 Å². The molecule has 0 radical (unpaired) electrons. The number of carbonyl (C=O) groups excluding carboxylic acids is 2. The summed E-state index contributed by atoms with van der Waals surface area (Å²) < 4.78 is 5.08. The quantitative estimate of drug-likeness (QED) is 0.632. The molecule has 0 aromatic heterocycles. The maximum atomic E-state index is 12.8. The molecule has 1 amide bonds. The van der Waals surface area contributed by atoms with Gasteiger partial charge in [-0.2, -0.15) is 0 Å². The van der Waals surface area contributed by atoms with E-state index in [9.17, 15) is 9.59 Å². The molecule has 3 aliphatic rings. The highest BCUT2D eigenvalue weighted by Crippen LogP contribution is 2.45. The summed E-state index contributed by atoms with van der Waals surface area (Å²) in [5.41, 5.74) is 2.73. The number of amidine groups is 1. The van der Waals surface area contributed by atoms with E-state index < -0.39 is 12.0 Å². The van der Waals surface area contributed by atoms with E-state index >= 15 is 0 Å². The molecular formula is C23H26ClN3O3S. The lowest BCUT2D eigenvalue weighted by Gasteiger charge is -2.36. The molecule has 8 heteroatoms. The topological polar surface area (TPSA) is 71.0 Å². The average molecular weight is 460 g/mol. The molecule has 2 heterocycles. The van der Waals surface area contributed by atoms with Crippen molar-refractivity contribution in [2.24, 2.45) is 4.99 Å². The average Bonchev–Trinajstić information content (AvgIpc) is 3.14. The van der Waals surface area contributed by atoms with E-state index in [1.54, 1.807) is 6.07 Å². The van der Waals surface area contributed by atoms with Crippen molar-refractivity contribution in [3.63, 3.8) is 0 Å². The molecule has 31 heavy (non-hydrogen) atoms. The van der Waals surface area contributed by atoms with E-state index in [0.29, 0.717) is 16.3 Å². The van der Waals surface area contributed by atoms with Crippen LogP contribution >= 0.6 is 23.4 Å². The molecule has 1 saturated carbocycles. The highest BCUT2D eigenvalue weighted by Gasteiger charge is 2.41. The van der Waals surface area contributed by atoms with Crippen molar-refractivity contribution < 1.29 is 14.3 Å². The third-order valence-electron chi connectivity index (χ3n) is 5.88. The predicted molar refractivity (Wildman–Crippen MR) is 123 cm³/mol. The Hall–Kier alpha value is -2.25. The number of carbonyl (C=O) groups is 2. The molecule has 2 aliphatic heterocycles. The van der Waals surface area contributed by atoms with E-state index in [-0.39, 0.29) is 18.4 Å². The Kier molecular flexibility index (Phi) is 6.72. The van der Waals surface area contributed by atoms with Crippen LogP contribution in [0.25, 0.3) is 0 Å². The van der Waals surface area contributed by atoms with Gasteiger partial charge in [-0.05, 0) is 42.9 Å². The van der Waals surface area contributed by atoms with Crippen molar-refractivity contribution in [3.05, 3.63) is 57.2 Å². The number of ether oxygens (including phenoxy) is 1. The third-order valence-corrected chi connectivity index (χ3v) is 7.01. The van der Waals surface area contributed by atoms with Crippen molar-refractivity contribution in [1.29, 1.82) is 0 Å². The second kappa shape index (κ2) is 9.49. The molecule has 0 saturated heterocycles. The van der Waals surface area contributed by atoms with Crippen LogP contribution in [0.15, 0.2) is 51.6 Å². The first kappa shape index (κ1) is 22.0. The molecule has 1 aromatic rings. The minimum absolute atomic E-state index is 0.00395. The number of nitrogens with one attached hydrogen (secondary N) is 1. The Morgan fingerprint density at radius 2 is 2.06 bits per heavy atom. The summed E-state index contributed by atoms with van der Waals surface area (Å²) in [7, 11) is 1.37. The molecule has 4 rings (SSSR count). The number of benzene rings is 1. The van der Waals surface area contributed by atoms with Crippen LogP contribution in [0.3, 0.4) is 0 Å². The highest BCUT2D eigenvalue weighted by molar-refractivity contribution is 8.16. The highest BCUT2D eigenvalue weighted by atomic mass is 35.5. The fourth-order valence-corrected chi connectivity index (χ4v) is 5.59. The van der Waals surface area contributed by atoms with Crippen LogP contribution in [-0.2, 0) is 14.3 Å². The standard InChI is InChI=1S/C23H26ClN3O3S/c1-14-20(22(29)30-2)21(15-7-6-8-16(24)11-15)27-18(13-31-23(27)25-14)12-19(28)26-17-9-4-3-5-10-17/h6-8,11,13,17,21H,3-5,9-10,12H2,1-2H3,(H,26,28)/t21-/m0/s1. The first-order valence-electron chi connectivity index (χ1n) is 10.6. The number of amides is 1. The number of methoxy groups -OCH3 is 1. The molecule has 164 valence electrons. The zero-order chi connectivity index (χ0) is 22.0. The Balaban J connectivity index is 1.63. The number of halogens is 1. The van der Waals surface area contributed by atoms with Crippen LogP contribution in [0.5, 0.6) is 0 Å².